The fourth-order valence-corrected chi connectivity index (χ4v) is 5.12. The molecule has 0 saturated carbocycles. The van der Waals surface area contributed by atoms with Crippen molar-refractivity contribution in [2.45, 2.75) is 46.1 Å². The van der Waals surface area contributed by atoms with Crippen LogP contribution in [0.25, 0.3) is 11.0 Å². The van der Waals surface area contributed by atoms with E-state index >= 15 is 0 Å². The fourth-order valence-electron chi connectivity index (χ4n) is 5.12. The SMILES string of the molecule is CCN1CCC2(CC1)CC(O)CN(C(=O)c1cc(C)nc3c1c(C)nn3C)C2. The van der Waals surface area contributed by atoms with Crippen LogP contribution in [0.3, 0.4) is 0 Å². The number of β-amino-alcohol motifs (C(OH)–C–C–N with tert-alkyl or cyclic N) is 1. The number of aliphatic hydroxyl groups excluding tert-OH is 1. The van der Waals surface area contributed by atoms with E-state index in [4.69, 9.17) is 0 Å². The van der Waals surface area contributed by atoms with Crippen LogP contribution in [0, 0.1) is 19.3 Å². The Hall–Kier alpha value is -1.99. The summed E-state index contributed by atoms with van der Waals surface area (Å²) in [5.41, 5.74) is 3.05. The highest BCUT2D eigenvalue weighted by molar-refractivity contribution is 6.06. The van der Waals surface area contributed by atoms with Crippen LogP contribution in [0.5, 0.6) is 0 Å². The van der Waals surface area contributed by atoms with E-state index in [1.54, 1.807) is 4.68 Å². The van der Waals surface area contributed by atoms with Crippen molar-refractivity contribution >= 4 is 16.9 Å². The minimum Gasteiger partial charge on any atom is -0.391 e. The lowest BCUT2D eigenvalue weighted by Gasteiger charge is -2.49. The maximum absolute atomic E-state index is 13.6. The molecule has 1 atom stereocenters. The van der Waals surface area contributed by atoms with Crippen LogP contribution in [-0.2, 0) is 7.05 Å². The molecule has 1 amide bonds. The number of amides is 1. The van der Waals surface area contributed by atoms with Crippen LogP contribution in [0.15, 0.2) is 6.07 Å². The number of hydrogen-bond donors (Lipinski definition) is 1. The molecule has 0 bridgehead atoms. The minimum atomic E-state index is -0.459. The number of fused-ring (bicyclic) bond motifs is 1. The predicted molar refractivity (Wildman–Crippen MR) is 108 cm³/mol. The first-order valence-electron chi connectivity index (χ1n) is 10.3. The summed E-state index contributed by atoms with van der Waals surface area (Å²) >= 11 is 0. The zero-order chi connectivity index (χ0) is 20.1. The number of aromatic nitrogens is 3. The molecule has 0 radical (unpaired) electrons. The number of piperidine rings is 2. The average molecular weight is 386 g/mol. The van der Waals surface area contributed by atoms with Crippen LogP contribution in [0.1, 0.15) is 47.9 Å². The van der Waals surface area contributed by atoms with E-state index in [-0.39, 0.29) is 11.3 Å². The van der Waals surface area contributed by atoms with Gasteiger partial charge in [0.25, 0.3) is 5.91 Å². The Labute approximate surface area is 166 Å². The Morgan fingerprint density at radius 3 is 2.71 bits per heavy atom. The number of hydrogen-bond acceptors (Lipinski definition) is 5. The summed E-state index contributed by atoms with van der Waals surface area (Å²) in [5, 5.41) is 15.9. The van der Waals surface area contributed by atoms with E-state index in [1.807, 2.05) is 31.9 Å². The van der Waals surface area contributed by atoms with Gasteiger partial charge in [0.1, 0.15) is 0 Å². The van der Waals surface area contributed by atoms with Crippen molar-refractivity contribution in [2.75, 3.05) is 32.7 Å². The highest BCUT2D eigenvalue weighted by Crippen LogP contribution is 2.40. The molecule has 2 saturated heterocycles. The Balaban J connectivity index is 1.66. The van der Waals surface area contributed by atoms with Gasteiger partial charge in [0, 0.05) is 25.8 Å². The molecular weight excluding hydrogens is 354 g/mol. The third-order valence-corrected chi connectivity index (χ3v) is 6.60. The number of aryl methyl sites for hydroxylation is 3. The topological polar surface area (TPSA) is 74.5 Å². The second kappa shape index (κ2) is 7.12. The van der Waals surface area contributed by atoms with E-state index in [9.17, 15) is 9.90 Å². The van der Waals surface area contributed by atoms with Gasteiger partial charge >= 0.3 is 0 Å². The fraction of sp³-hybridized carbons (Fsp3) is 0.667. The molecule has 2 aliphatic heterocycles. The summed E-state index contributed by atoms with van der Waals surface area (Å²) < 4.78 is 1.74. The van der Waals surface area contributed by atoms with Crippen molar-refractivity contribution in [1.29, 1.82) is 0 Å². The molecule has 1 N–H and O–H groups in total. The summed E-state index contributed by atoms with van der Waals surface area (Å²) in [4.78, 5) is 22.5. The van der Waals surface area contributed by atoms with Crippen molar-refractivity contribution in [1.82, 2.24) is 24.6 Å². The lowest BCUT2D eigenvalue weighted by Crippen LogP contribution is -2.55. The third-order valence-electron chi connectivity index (χ3n) is 6.60. The zero-order valence-corrected chi connectivity index (χ0v) is 17.4. The quantitative estimate of drug-likeness (QED) is 0.855. The summed E-state index contributed by atoms with van der Waals surface area (Å²) in [6.07, 6.45) is 2.42. The number of carbonyl (C=O) groups excluding carboxylic acids is 1. The standard InChI is InChI=1S/C21H31N5O2/c1-5-25-8-6-21(7-9-25)11-16(27)12-26(13-21)20(28)17-10-14(2)22-19-18(17)15(3)23-24(19)4/h10,16,27H,5-9,11-13H2,1-4H3. The second-order valence-corrected chi connectivity index (χ2v) is 8.70. The molecule has 1 unspecified atom stereocenters. The molecule has 2 aliphatic rings. The van der Waals surface area contributed by atoms with Gasteiger partial charge in [-0.25, -0.2) is 4.98 Å². The van der Waals surface area contributed by atoms with Crippen LogP contribution < -0.4 is 0 Å². The van der Waals surface area contributed by atoms with Gasteiger partial charge < -0.3 is 14.9 Å². The minimum absolute atomic E-state index is 0.0114. The molecule has 2 aromatic rings. The Morgan fingerprint density at radius 2 is 2.04 bits per heavy atom. The van der Waals surface area contributed by atoms with Crippen molar-refractivity contribution < 1.29 is 9.90 Å². The third kappa shape index (κ3) is 3.31. The Kier molecular flexibility index (Phi) is 4.91. The highest BCUT2D eigenvalue weighted by Gasteiger charge is 2.43. The van der Waals surface area contributed by atoms with Crippen LogP contribution in [0.2, 0.25) is 0 Å². The van der Waals surface area contributed by atoms with E-state index in [1.165, 1.54) is 0 Å². The summed E-state index contributed by atoms with van der Waals surface area (Å²) in [6.45, 7) is 10.3. The maximum Gasteiger partial charge on any atom is 0.254 e. The second-order valence-electron chi connectivity index (χ2n) is 8.70. The smallest absolute Gasteiger partial charge is 0.254 e. The average Bonchev–Trinajstić information content (AvgIpc) is 2.94. The molecule has 4 rings (SSSR count). The largest absolute Gasteiger partial charge is 0.391 e. The first-order valence-corrected chi connectivity index (χ1v) is 10.3. The van der Waals surface area contributed by atoms with E-state index in [2.05, 4.69) is 21.9 Å². The molecule has 0 aliphatic carbocycles. The Bertz CT molecular complexity index is 898. The van der Waals surface area contributed by atoms with Gasteiger partial charge in [0.05, 0.1) is 22.7 Å². The van der Waals surface area contributed by atoms with Crippen molar-refractivity contribution in [3.05, 3.63) is 23.0 Å². The monoisotopic (exact) mass is 385 g/mol. The number of likely N-dealkylation sites (tertiary alicyclic amines) is 2. The van der Waals surface area contributed by atoms with Gasteiger partial charge in [0.15, 0.2) is 5.65 Å². The van der Waals surface area contributed by atoms with Gasteiger partial charge in [-0.15, -0.1) is 0 Å². The number of pyridine rings is 1. The van der Waals surface area contributed by atoms with Crippen molar-refractivity contribution in [3.63, 3.8) is 0 Å². The molecule has 4 heterocycles. The van der Waals surface area contributed by atoms with Crippen molar-refractivity contribution in [2.24, 2.45) is 12.5 Å². The number of carbonyl (C=O) groups is 1. The first-order chi connectivity index (χ1) is 13.3. The maximum atomic E-state index is 13.6. The molecule has 2 aromatic heterocycles. The highest BCUT2D eigenvalue weighted by atomic mass is 16.3. The number of rotatable bonds is 2. The van der Waals surface area contributed by atoms with Crippen LogP contribution in [0.4, 0.5) is 0 Å². The zero-order valence-electron chi connectivity index (χ0n) is 17.4. The predicted octanol–water partition coefficient (Wildman–Crippen LogP) is 1.89. The lowest BCUT2D eigenvalue weighted by atomic mass is 9.71. The lowest BCUT2D eigenvalue weighted by molar-refractivity contribution is -0.0320. The van der Waals surface area contributed by atoms with Gasteiger partial charge in [0.2, 0.25) is 0 Å². The summed E-state index contributed by atoms with van der Waals surface area (Å²) in [7, 11) is 1.86. The number of nitrogens with zero attached hydrogens (tertiary/aromatic N) is 5. The van der Waals surface area contributed by atoms with E-state index < -0.39 is 6.10 Å². The molecule has 1 spiro atoms. The van der Waals surface area contributed by atoms with Gasteiger partial charge in [-0.05, 0) is 64.2 Å². The summed E-state index contributed by atoms with van der Waals surface area (Å²) in [5.74, 6) is -0.0114. The van der Waals surface area contributed by atoms with Gasteiger partial charge in [-0.3, -0.25) is 9.48 Å². The molecular formula is C21H31N5O2. The molecule has 7 heteroatoms. The molecule has 2 fully saturated rings. The molecule has 7 nitrogen and oxygen atoms in total. The first kappa shape index (κ1) is 19.3. The van der Waals surface area contributed by atoms with Crippen LogP contribution in [-0.4, -0.2) is 74.4 Å². The molecule has 152 valence electrons. The normalized spacial score (nSPS) is 22.9. The van der Waals surface area contributed by atoms with Crippen LogP contribution >= 0.6 is 0 Å². The summed E-state index contributed by atoms with van der Waals surface area (Å²) in [6, 6.07) is 1.87. The molecule has 0 aromatic carbocycles. The van der Waals surface area contributed by atoms with E-state index in [0.29, 0.717) is 12.1 Å². The van der Waals surface area contributed by atoms with Gasteiger partial charge in [-0.1, -0.05) is 6.92 Å². The van der Waals surface area contributed by atoms with Crippen molar-refractivity contribution in [3.8, 4) is 0 Å². The Morgan fingerprint density at radius 1 is 1.32 bits per heavy atom. The molecule has 28 heavy (non-hydrogen) atoms. The van der Waals surface area contributed by atoms with E-state index in [0.717, 1.165) is 67.9 Å². The van der Waals surface area contributed by atoms with Gasteiger partial charge in [-0.2, -0.15) is 5.10 Å². The number of aliphatic hydroxyl groups is 1.